The quantitative estimate of drug-likeness (QED) is 0.248. The molecule has 2 atom stereocenters. The van der Waals surface area contributed by atoms with E-state index < -0.39 is 27.0 Å². The average Bonchev–Trinajstić information content (AvgIpc) is 2.97. The van der Waals surface area contributed by atoms with Gasteiger partial charge < -0.3 is 0 Å². The molecule has 3 rings (SSSR count). The topological polar surface area (TPSA) is 17.1 Å². The first-order chi connectivity index (χ1) is 17.9. The van der Waals surface area contributed by atoms with Crippen LogP contribution in [0.15, 0.2) is 60.7 Å². The number of rotatable bonds is 8. The summed E-state index contributed by atoms with van der Waals surface area (Å²) < 4.78 is 0. The monoisotopic (exact) mass is 526 g/mol. The standard InChI is InChI=1S/C34H46OSi2/c1-7-36(8-2,9-3)28-26-33(30-20-15-13-16-21-30)24-19-25-34(32(33)35,31-22-17-14-18-23-31)27-29-37(10-4,11-5)12-6/h13-18,20-23H,7-12,19,24-25H2,1-6H3/t33-,34+. The molecule has 1 nitrogen and oxygen atoms in total. The summed E-state index contributed by atoms with van der Waals surface area (Å²) in [5, 5.41) is 0. The fourth-order valence-corrected chi connectivity index (χ4v) is 11.1. The van der Waals surface area contributed by atoms with Gasteiger partial charge in [-0.15, -0.1) is 11.1 Å². The molecule has 37 heavy (non-hydrogen) atoms. The van der Waals surface area contributed by atoms with Crippen LogP contribution in [0.2, 0.25) is 36.3 Å². The summed E-state index contributed by atoms with van der Waals surface area (Å²) in [7, 11) is -3.49. The number of carbonyl (C=O) groups excluding carboxylic acids is 1. The van der Waals surface area contributed by atoms with Gasteiger partial charge in [0.25, 0.3) is 0 Å². The fraction of sp³-hybridized carbons (Fsp3) is 0.500. The van der Waals surface area contributed by atoms with Crippen LogP contribution in [0.1, 0.15) is 71.9 Å². The molecule has 0 bridgehead atoms. The molecule has 2 aromatic rings. The van der Waals surface area contributed by atoms with Gasteiger partial charge >= 0.3 is 0 Å². The molecular formula is C34H46OSi2. The first-order valence-electron chi connectivity index (χ1n) is 14.6. The van der Waals surface area contributed by atoms with E-state index in [1.165, 1.54) is 0 Å². The molecule has 1 aliphatic rings. The van der Waals surface area contributed by atoms with Crippen LogP contribution in [-0.2, 0) is 15.6 Å². The molecule has 196 valence electrons. The van der Waals surface area contributed by atoms with Gasteiger partial charge in [0.15, 0.2) is 5.78 Å². The highest BCUT2D eigenvalue weighted by molar-refractivity contribution is 6.87. The molecule has 0 unspecified atom stereocenters. The molecule has 2 aromatic carbocycles. The highest BCUT2D eigenvalue weighted by Crippen LogP contribution is 2.47. The van der Waals surface area contributed by atoms with Crippen LogP contribution < -0.4 is 0 Å². The third-order valence-corrected chi connectivity index (χ3v) is 19.0. The van der Waals surface area contributed by atoms with Gasteiger partial charge in [-0.25, -0.2) is 0 Å². The second-order valence-corrected chi connectivity index (χ2v) is 20.8. The highest BCUT2D eigenvalue weighted by atomic mass is 28.3. The minimum absolute atomic E-state index is 0.209. The van der Waals surface area contributed by atoms with Gasteiger partial charge in [-0.1, -0.05) is 114 Å². The Labute approximate surface area is 228 Å². The number of hydrogen-bond donors (Lipinski definition) is 0. The SMILES string of the molecule is CC[Si](C#C[C@]1(c2ccccc2)CCC[C@@](C#C[Si](CC)(CC)CC)(c2ccccc2)C1=O)(CC)CC. The highest BCUT2D eigenvalue weighted by Gasteiger charge is 2.54. The van der Waals surface area contributed by atoms with Crippen LogP contribution in [0.4, 0.5) is 0 Å². The minimum Gasteiger partial charge on any atom is -0.295 e. The van der Waals surface area contributed by atoms with Crippen LogP contribution in [0.3, 0.4) is 0 Å². The molecule has 0 spiro atoms. The van der Waals surface area contributed by atoms with Crippen LogP contribution >= 0.6 is 0 Å². The van der Waals surface area contributed by atoms with Crippen LogP contribution in [0.5, 0.6) is 0 Å². The summed E-state index contributed by atoms with van der Waals surface area (Å²) in [4.78, 5) is 15.2. The maximum atomic E-state index is 15.2. The molecule has 1 saturated carbocycles. The molecular weight excluding hydrogens is 481 g/mol. The smallest absolute Gasteiger partial charge is 0.177 e. The number of carbonyl (C=O) groups is 1. The Hall–Kier alpha value is -2.34. The molecule has 0 radical (unpaired) electrons. The van der Waals surface area contributed by atoms with E-state index >= 15 is 4.79 Å². The minimum atomic E-state index is -1.74. The molecule has 3 heteroatoms. The number of benzene rings is 2. The Morgan fingerprint density at radius 2 is 0.919 bits per heavy atom. The summed E-state index contributed by atoms with van der Waals surface area (Å²) in [5.74, 6) is 7.74. The molecule has 0 aliphatic heterocycles. The summed E-state index contributed by atoms with van der Waals surface area (Å²) in [5.41, 5.74) is 8.17. The fourth-order valence-electron chi connectivity index (χ4n) is 6.10. The largest absolute Gasteiger partial charge is 0.295 e. The maximum Gasteiger partial charge on any atom is 0.177 e. The van der Waals surface area contributed by atoms with E-state index in [-0.39, 0.29) is 5.78 Å². The second kappa shape index (κ2) is 12.5. The molecule has 1 fully saturated rings. The van der Waals surface area contributed by atoms with Crippen molar-refractivity contribution < 1.29 is 4.79 Å². The van der Waals surface area contributed by atoms with Crippen molar-refractivity contribution in [2.75, 3.05) is 0 Å². The lowest BCUT2D eigenvalue weighted by atomic mass is 9.57. The van der Waals surface area contributed by atoms with Gasteiger partial charge in [0, 0.05) is 0 Å². The van der Waals surface area contributed by atoms with Crippen molar-refractivity contribution in [3.63, 3.8) is 0 Å². The van der Waals surface area contributed by atoms with E-state index in [0.29, 0.717) is 0 Å². The van der Waals surface area contributed by atoms with Gasteiger partial charge in [0.1, 0.15) is 27.0 Å². The Morgan fingerprint density at radius 3 is 1.22 bits per heavy atom. The maximum absolute atomic E-state index is 15.2. The van der Waals surface area contributed by atoms with Gasteiger partial charge in [-0.2, -0.15) is 0 Å². The van der Waals surface area contributed by atoms with E-state index in [1.54, 1.807) is 0 Å². The third-order valence-electron chi connectivity index (χ3n) is 9.55. The Morgan fingerprint density at radius 1 is 0.595 bits per heavy atom. The van der Waals surface area contributed by atoms with E-state index in [9.17, 15) is 0 Å². The summed E-state index contributed by atoms with van der Waals surface area (Å²) in [6.07, 6.45) is 2.49. The predicted molar refractivity (Wildman–Crippen MR) is 165 cm³/mol. The van der Waals surface area contributed by atoms with E-state index in [1.807, 2.05) is 12.1 Å². The predicted octanol–water partition coefficient (Wildman–Crippen LogP) is 8.72. The zero-order chi connectivity index (χ0) is 27.0. The van der Waals surface area contributed by atoms with E-state index in [4.69, 9.17) is 0 Å². The zero-order valence-corrected chi connectivity index (χ0v) is 26.0. The summed E-state index contributed by atoms with van der Waals surface area (Å²) >= 11 is 0. The first kappa shape index (κ1) is 29.2. The lowest BCUT2D eigenvalue weighted by molar-refractivity contribution is -0.128. The lowest BCUT2D eigenvalue weighted by Crippen LogP contribution is -2.52. The zero-order valence-electron chi connectivity index (χ0n) is 24.0. The molecule has 0 aromatic heterocycles. The van der Waals surface area contributed by atoms with Crippen molar-refractivity contribution >= 4 is 21.9 Å². The third kappa shape index (κ3) is 5.60. The second-order valence-electron chi connectivity index (χ2n) is 10.9. The lowest BCUT2D eigenvalue weighted by Gasteiger charge is -2.42. The molecule has 0 N–H and O–H groups in total. The molecule has 0 saturated heterocycles. The van der Waals surface area contributed by atoms with Crippen LogP contribution in [0.25, 0.3) is 0 Å². The van der Waals surface area contributed by atoms with E-state index in [2.05, 4.69) is 113 Å². The number of hydrogen-bond acceptors (Lipinski definition) is 1. The molecule has 1 aliphatic carbocycles. The van der Waals surface area contributed by atoms with E-state index in [0.717, 1.165) is 66.7 Å². The average molecular weight is 527 g/mol. The summed E-state index contributed by atoms with van der Waals surface area (Å²) in [6, 6.07) is 27.6. The normalized spacial score (nSPS) is 21.9. The number of ketones is 1. The van der Waals surface area contributed by atoms with Gasteiger partial charge in [0.05, 0.1) is 0 Å². The van der Waals surface area contributed by atoms with Gasteiger partial charge in [0.2, 0.25) is 0 Å². The Balaban J connectivity index is 2.33. The number of Topliss-reactive ketones (excluding diaryl/α,β-unsaturated/α-hetero) is 1. The van der Waals surface area contributed by atoms with Crippen molar-refractivity contribution in [1.82, 2.24) is 0 Å². The van der Waals surface area contributed by atoms with Crippen molar-refractivity contribution in [1.29, 1.82) is 0 Å². The van der Waals surface area contributed by atoms with Crippen molar-refractivity contribution in [3.8, 4) is 22.9 Å². The van der Waals surface area contributed by atoms with Gasteiger partial charge in [-0.3, -0.25) is 4.79 Å². The van der Waals surface area contributed by atoms with Crippen LogP contribution in [0, 0.1) is 22.9 Å². The molecule has 0 heterocycles. The van der Waals surface area contributed by atoms with Crippen molar-refractivity contribution in [2.24, 2.45) is 0 Å². The van der Waals surface area contributed by atoms with Gasteiger partial charge in [-0.05, 0) is 66.7 Å². The molecule has 0 amide bonds. The van der Waals surface area contributed by atoms with Crippen molar-refractivity contribution in [3.05, 3.63) is 71.8 Å². The summed E-state index contributed by atoms with van der Waals surface area (Å²) in [6.45, 7) is 13.7. The Bertz CT molecular complexity index is 1050. The Kier molecular flexibility index (Phi) is 9.85. The van der Waals surface area contributed by atoms with Crippen molar-refractivity contribution in [2.45, 2.75) is 108 Å². The van der Waals surface area contributed by atoms with Crippen LogP contribution in [-0.4, -0.2) is 21.9 Å². The first-order valence-corrected chi connectivity index (χ1v) is 19.8.